The van der Waals surface area contributed by atoms with E-state index in [1.807, 2.05) is 6.92 Å². The zero-order valence-electron chi connectivity index (χ0n) is 9.47. The van der Waals surface area contributed by atoms with Gasteiger partial charge < -0.3 is 5.11 Å². The maximum absolute atomic E-state index is 13.1. The largest absolute Gasteiger partial charge is 0.388 e. The molecule has 17 heavy (non-hydrogen) atoms. The Bertz CT molecular complexity index is 502. The van der Waals surface area contributed by atoms with Crippen LogP contribution in [0, 0.1) is 12.7 Å². The van der Waals surface area contributed by atoms with E-state index in [1.165, 1.54) is 18.5 Å². The van der Waals surface area contributed by atoms with Crippen molar-refractivity contribution >= 4 is 0 Å². The standard InChI is InChI=1S/C13H13FN2O/c1-9-2-3-12(14)4-10(9)5-13(17)11-6-15-8-16-7-11/h2-4,6-8,13,17H,5H2,1H3. The van der Waals surface area contributed by atoms with Crippen molar-refractivity contribution in [2.24, 2.45) is 0 Å². The van der Waals surface area contributed by atoms with Crippen LogP contribution < -0.4 is 0 Å². The average Bonchev–Trinajstić information content (AvgIpc) is 2.35. The molecule has 0 bridgehead atoms. The number of nitrogens with zero attached hydrogens (tertiary/aromatic N) is 2. The second kappa shape index (κ2) is 5.01. The lowest BCUT2D eigenvalue weighted by Gasteiger charge is -2.12. The summed E-state index contributed by atoms with van der Waals surface area (Å²) < 4.78 is 13.1. The molecule has 1 aromatic carbocycles. The molecule has 4 heteroatoms. The van der Waals surface area contributed by atoms with Crippen molar-refractivity contribution in [3.8, 4) is 0 Å². The molecular weight excluding hydrogens is 219 g/mol. The first-order valence-corrected chi connectivity index (χ1v) is 5.35. The van der Waals surface area contributed by atoms with Gasteiger partial charge in [0.1, 0.15) is 12.1 Å². The third-order valence-electron chi connectivity index (χ3n) is 2.69. The lowest BCUT2D eigenvalue weighted by atomic mass is 10.00. The fourth-order valence-corrected chi connectivity index (χ4v) is 1.67. The maximum Gasteiger partial charge on any atom is 0.123 e. The van der Waals surface area contributed by atoms with Gasteiger partial charge in [0.05, 0.1) is 6.10 Å². The highest BCUT2D eigenvalue weighted by Crippen LogP contribution is 2.19. The van der Waals surface area contributed by atoms with Crippen LogP contribution in [0.3, 0.4) is 0 Å². The molecule has 0 fully saturated rings. The summed E-state index contributed by atoms with van der Waals surface area (Å²) in [5.41, 5.74) is 2.39. The van der Waals surface area contributed by atoms with Crippen molar-refractivity contribution in [2.75, 3.05) is 0 Å². The average molecular weight is 232 g/mol. The van der Waals surface area contributed by atoms with E-state index in [0.29, 0.717) is 12.0 Å². The normalized spacial score (nSPS) is 12.4. The predicted octanol–water partition coefficient (Wildman–Crippen LogP) is 2.20. The van der Waals surface area contributed by atoms with Crippen molar-refractivity contribution in [1.29, 1.82) is 0 Å². The van der Waals surface area contributed by atoms with Crippen LogP contribution in [0.1, 0.15) is 22.8 Å². The van der Waals surface area contributed by atoms with Crippen LogP contribution >= 0.6 is 0 Å². The summed E-state index contributed by atoms with van der Waals surface area (Å²) in [6.07, 6.45) is 4.18. The van der Waals surface area contributed by atoms with Gasteiger partial charge in [0.15, 0.2) is 0 Å². The Labute approximate surface area is 99.0 Å². The van der Waals surface area contributed by atoms with Crippen molar-refractivity contribution in [2.45, 2.75) is 19.4 Å². The molecule has 0 aliphatic rings. The molecule has 1 atom stereocenters. The van der Waals surface area contributed by atoms with Crippen molar-refractivity contribution < 1.29 is 9.50 Å². The molecule has 0 spiro atoms. The highest BCUT2D eigenvalue weighted by atomic mass is 19.1. The molecular formula is C13H13FN2O. The Morgan fingerprint density at radius 1 is 1.29 bits per heavy atom. The molecule has 2 rings (SSSR count). The van der Waals surface area contributed by atoms with E-state index in [9.17, 15) is 9.50 Å². The second-order valence-electron chi connectivity index (χ2n) is 3.96. The second-order valence-corrected chi connectivity index (χ2v) is 3.96. The number of halogens is 1. The number of aromatic nitrogens is 2. The molecule has 2 aromatic rings. The number of rotatable bonds is 3. The van der Waals surface area contributed by atoms with Gasteiger partial charge in [0, 0.05) is 24.4 Å². The molecule has 88 valence electrons. The molecule has 0 amide bonds. The molecule has 0 aliphatic heterocycles. The quantitative estimate of drug-likeness (QED) is 0.882. The Morgan fingerprint density at radius 3 is 2.71 bits per heavy atom. The highest BCUT2D eigenvalue weighted by molar-refractivity contribution is 5.28. The first kappa shape index (κ1) is 11.7. The van der Waals surface area contributed by atoms with Crippen molar-refractivity contribution in [3.05, 3.63) is 59.4 Å². The topological polar surface area (TPSA) is 46.0 Å². The van der Waals surface area contributed by atoms with Gasteiger partial charge in [-0.05, 0) is 30.2 Å². The molecule has 0 aliphatic carbocycles. The van der Waals surface area contributed by atoms with E-state index in [-0.39, 0.29) is 5.82 Å². The monoisotopic (exact) mass is 232 g/mol. The molecule has 0 saturated carbocycles. The zero-order valence-corrected chi connectivity index (χ0v) is 9.47. The number of hydrogen-bond donors (Lipinski definition) is 1. The molecule has 0 saturated heterocycles. The summed E-state index contributed by atoms with van der Waals surface area (Å²) in [5.74, 6) is -0.290. The fourth-order valence-electron chi connectivity index (χ4n) is 1.67. The van der Waals surface area contributed by atoms with Crippen molar-refractivity contribution in [1.82, 2.24) is 9.97 Å². The fraction of sp³-hybridized carbons (Fsp3) is 0.231. The lowest BCUT2D eigenvalue weighted by Crippen LogP contribution is -2.04. The Balaban J connectivity index is 2.18. The Morgan fingerprint density at radius 2 is 2.00 bits per heavy atom. The molecule has 3 nitrogen and oxygen atoms in total. The third kappa shape index (κ3) is 2.85. The van der Waals surface area contributed by atoms with Gasteiger partial charge in [-0.25, -0.2) is 14.4 Å². The number of hydrogen-bond acceptors (Lipinski definition) is 3. The van der Waals surface area contributed by atoms with Crippen LogP contribution in [0.25, 0.3) is 0 Å². The minimum atomic E-state index is -0.711. The zero-order chi connectivity index (χ0) is 12.3. The molecule has 1 heterocycles. The number of benzene rings is 1. The van der Waals surface area contributed by atoms with Crippen LogP contribution in [0.5, 0.6) is 0 Å². The SMILES string of the molecule is Cc1ccc(F)cc1CC(O)c1cncnc1. The van der Waals surface area contributed by atoms with Gasteiger partial charge >= 0.3 is 0 Å². The van der Waals surface area contributed by atoms with Crippen LogP contribution in [-0.2, 0) is 6.42 Å². The number of aliphatic hydroxyl groups excluding tert-OH is 1. The lowest BCUT2D eigenvalue weighted by molar-refractivity contribution is 0.177. The smallest absolute Gasteiger partial charge is 0.123 e. The molecule has 1 N–H and O–H groups in total. The highest BCUT2D eigenvalue weighted by Gasteiger charge is 2.11. The minimum absolute atomic E-state index is 0.290. The number of aliphatic hydroxyl groups is 1. The molecule has 1 aromatic heterocycles. The van der Waals surface area contributed by atoms with E-state index in [1.54, 1.807) is 18.5 Å². The summed E-state index contributed by atoms with van der Waals surface area (Å²) in [7, 11) is 0. The summed E-state index contributed by atoms with van der Waals surface area (Å²) in [4.78, 5) is 7.68. The third-order valence-corrected chi connectivity index (χ3v) is 2.69. The van der Waals surface area contributed by atoms with Crippen LogP contribution in [0.15, 0.2) is 36.9 Å². The van der Waals surface area contributed by atoms with Gasteiger partial charge in [-0.3, -0.25) is 0 Å². The van der Waals surface area contributed by atoms with Gasteiger partial charge in [-0.15, -0.1) is 0 Å². The van der Waals surface area contributed by atoms with E-state index >= 15 is 0 Å². The first-order valence-electron chi connectivity index (χ1n) is 5.35. The number of aryl methyl sites for hydroxylation is 1. The van der Waals surface area contributed by atoms with Crippen molar-refractivity contribution in [3.63, 3.8) is 0 Å². The van der Waals surface area contributed by atoms with E-state index in [4.69, 9.17) is 0 Å². The van der Waals surface area contributed by atoms with Crippen LogP contribution in [0.2, 0.25) is 0 Å². The van der Waals surface area contributed by atoms with Gasteiger partial charge in [-0.2, -0.15) is 0 Å². The van der Waals surface area contributed by atoms with E-state index in [0.717, 1.165) is 11.1 Å². The molecule has 1 unspecified atom stereocenters. The predicted molar refractivity (Wildman–Crippen MR) is 61.8 cm³/mol. The Hall–Kier alpha value is -1.81. The first-order chi connectivity index (χ1) is 8.16. The maximum atomic E-state index is 13.1. The van der Waals surface area contributed by atoms with Gasteiger partial charge in [-0.1, -0.05) is 6.07 Å². The van der Waals surface area contributed by atoms with Gasteiger partial charge in [0.2, 0.25) is 0 Å². The summed E-state index contributed by atoms with van der Waals surface area (Å²) in [5, 5.41) is 9.99. The summed E-state index contributed by atoms with van der Waals surface area (Å²) >= 11 is 0. The van der Waals surface area contributed by atoms with Crippen LogP contribution in [-0.4, -0.2) is 15.1 Å². The summed E-state index contributed by atoms with van der Waals surface area (Å²) in [6.45, 7) is 1.89. The Kier molecular flexibility index (Phi) is 3.44. The summed E-state index contributed by atoms with van der Waals surface area (Å²) in [6, 6.07) is 4.57. The minimum Gasteiger partial charge on any atom is -0.388 e. The van der Waals surface area contributed by atoms with Crippen LogP contribution in [0.4, 0.5) is 4.39 Å². The molecule has 0 radical (unpaired) electrons. The van der Waals surface area contributed by atoms with Gasteiger partial charge in [0.25, 0.3) is 0 Å². The van der Waals surface area contributed by atoms with E-state index in [2.05, 4.69) is 9.97 Å². The van der Waals surface area contributed by atoms with E-state index < -0.39 is 6.10 Å².